The second kappa shape index (κ2) is 3.84. The van der Waals surface area contributed by atoms with Gasteiger partial charge in [-0.15, -0.1) is 0 Å². The highest BCUT2D eigenvalue weighted by Gasteiger charge is 2.47. The third-order valence-corrected chi connectivity index (χ3v) is 4.50. The fraction of sp³-hybridized carbons (Fsp3) is 0.667. The Labute approximate surface area is 97.5 Å². The molecule has 0 aromatic heterocycles. The van der Waals surface area contributed by atoms with Crippen molar-refractivity contribution in [2.45, 2.75) is 32.5 Å². The van der Waals surface area contributed by atoms with Crippen LogP contribution in [0.4, 0.5) is 0 Å². The number of allylic oxidation sites excluding steroid dienone is 2. The number of nitrogens with zero attached hydrogens (tertiary/aromatic N) is 1. The fourth-order valence-electron chi connectivity index (χ4n) is 2.50. The van der Waals surface area contributed by atoms with Crippen LogP contribution in [0.1, 0.15) is 12.8 Å². The molecular formula is C12H19NO2Si. The predicted molar refractivity (Wildman–Crippen MR) is 65.4 cm³/mol. The number of amides is 2. The van der Waals surface area contributed by atoms with Gasteiger partial charge in [-0.3, -0.25) is 14.5 Å². The van der Waals surface area contributed by atoms with Crippen LogP contribution >= 0.6 is 0 Å². The highest BCUT2D eigenvalue weighted by molar-refractivity contribution is 6.76. The van der Waals surface area contributed by atoms with Gasteiger partial charge in [0.1, 0.15) is 0 Å². The molecule has 0 aromatic carbocycles. The minimum Gasteiger partial charge on any atom is -0.285 e. The first kappa shape index (κ1) is 11.6. The van der Waals surface area contributed by atoms with Gasteiger partial charge < -0.3 is 0 Å². The fourth-order valence-corrected chi connectivity index (χ4v) is 3.76. The molecular weight excluding hydrogens is 218 g/mol. The quantitative estimate of drug-likeness (QED) is 0.417. The van der Waals surface area contributed by atoms with Crippen LogP contribution in [0.25, 0.3) is 0 Å². The van der Waals surface area contributed by atoms with Crippen LogP contribution in [-0.2, 0) is 9.59 Å². The zero-order valence-corrected chi connectivity index (χ0v) is 11.2. The van der Waals surface area contributed by atoms with Crippen LogP contribution < -0.4 is 0 Å². The normalized spacial score (nSPS) is 29.8. The van der Waals surface area contributed by atoms with Crippen molar-refractivity contribution in [2.24, 2.45) is 11.8 Å². The number of carbonyl (C=O) groups excluding carboxylic acids is 2. The Kier molecular flexibility index (Phi) is 2.78. The summed E-state index contributed by atoms with van der Waals surface area (Å²) < 4.78 is 0. The summed E-state index contributed by atoms with van der Waals surface area (Å²) in [6, 6.07) is 0. The standard InChI is InChI=1S/C12H19NO2Si/c1-16(2,3)8-13-11(14)9-6-4-5-7-10(9)12(13)15/h4-5,9-10H,6-8H2,1-3H3. The minimum absolute atomic E-state index is 0.0613. The average molecular weight is 237 g/mol. The molecule has 0 bridgehead atoms. The number of fused-ring (bicyclic) bond motifs is 1. The maximum Gasteiger partial charge on any atom is 0.233 e. The lowest BCUT2D eigenvalue weighted by Crippen LogP contribution is -2.43. The lowest BCUT2D eigenvalue weighted by atomic mass is 9.85. The van der Waals surface area contributed by atoms with Crippen LogP contribution in [-0.4, -0.2) is 31.0 Å². The first-order chi connectivity index (χ1) is 7.40. The van der Waals surface area contributed by atoms with E-state index in [0.29, 0.717) is 6.17 Å². The summed E-state index contributed by atoms with van der Waals surface area (Å²) >= 11 is 0. The molecule has 1 heterocycles. The molecule has 2 atom stereocenters. The molecule has 0 radical (unpaired) electrons. The van der Waals surface area contributed by atoms with E-state index < -0.39 is 8.07 Å². The molecule has 0 saturated carbocycles. The summed E-state index contributed by atoms with van der Waals surface area (Å²) in [4.78, 5) is 25.8. The molecule has 3 nitrogen and oxygen atoms in total. The Bertz CT molecular complexity index is 331. The zero-order valence-electron chi connectivity index (χ0n) is 10.2. The van der Waals surface area contributed by atoms with E-state index in [9.17, 15) is 9.59 Å². The summed E-state index contributed by atoms with van der Waals surface area (Å²) in [6.45, 7) is 6.56. The van der Waals surface area contributed by atoms with Gasteiger partial charge in [-0.05, 0) is 12.8 Å². The van der Waals surface area contributed by atoms with Crippen LogP contribution in [0, 0.1) is 11.8 Å². The van der Waals surface area contributed by atoms with Gasteiger partial charge in [0.25, 0.3) is 0 Å². The van der Waals surface area contributed by atoms with Crippen molar-refractivity contribution in [2.75, 3.05) is 6.17 Å². The lowest BCUT2D eigenvalue weighted by Gasteiger charge is -2.23. The van der Waals surface area contributed by atoms with Gasteiger partial charge in [0, 0.05) is 6.17 Å². The Balaban J connectivity index is 2.18. The predicted octanol–water partition coefficient (Wildman–Crippen LogP) is 1.81. The molecule has 1 aliphatic heterocycles. The molecule has 88 valence electrons. The number of rotatable bonds is 2. The number of likely N-dealkylation sites (tertiary alicyclic amines) is 1. The van der Waals surface area contributed by atoms with Crippen molar-refractivity contribution >= 4 is 19.9 Å². The molecule has 2 aliphatic rings. The topological polar surface area (TPSA) is 37.4 Å². The molecule has 16 heavy (non-hydrogen) atoms. The monoisotopic (exact) mass is 237 g/mol. The van der Waals surface area contributed by atoms with Crippen molar-refractivity contribution < 1.29 is 9.59 Å². The molecule has 1 fully saturated rings. The number of hydrogen-bond acceptors (Lipinski definition) is 2. The van der Waals surface area contributed by atoms with Crippen LogP contribution in [0.2, 0.25) is 19.6 Å². The van der Waals surface area contributed by atoms with Crippen molar-refractivity contribution in [1.29, 1.82) is 0 Å². The van der Waals surface area contributed by atoms with Crippen LogP contribution in [0.5, 0.6) is 0 Å². The van der Waals surface area contributed by atoms with E-state index in [2.05, 4.69) is 19.6 Å². The second-order valence-corrected chi connectivity index (χ2v) is 11.4. The Hall–Kier alpha value is -0.903. The van der Waals surface area contributed by atoms with Crippen molar-refractivity contribution in [1.82, 2.24) is 4.90 Å². The largest absolute Gasteiger partial charge is 0.285 e. The van der Waals surface area contributed by atoms with Gasteiger partial charge in [-0.2, -0.15) is 0 Å². The molecule has 2 unspecified atom stereocenters. The number of hydrogen-bond donors (Lipinski definition) is 0. The Morgan fingerprint density at radius 1 is 1.12 bits per heavy atom. The first-order valence-corrected chi connectivity index (χ1v) is 9.61. The van der Waals surface area contributed by atoms with E-state index in [1.807, 2.05) is 12.2 Å². The Morgan fingerprint density at radius 2 is 1.56 bits per heavy atom. The van der Waals surface area contributed by atoms with Gasteiger partial charge in [0.15, 0.2) is 0 Å². The highest BCUT2D eigenvalue weighted by atomic mass is 28.3. The molecule has 1 aliphatic carbocycles. The van der Waals surface area contributed by atoms with Gasteiger partial charge in [-0.25, -0.2) is 0 Å². The van der Waals surface area contributed by atoms with E-state index in [1.165, 1.54) is 4.90 Å². The van der Waals surface area contributed by atoms with Gasteiger partial charge >= 0.3 is 0 Å². The van der Waals surface area contributed by atoms with Crippen molar-refractivity contribution in [3.63, 3.8) is 0 Å². The lowest BCUT2D eigenvalue weighted by molar-refractivity contribution is -0.138. The molecule has 1 saturated heterocycles. The van der Waals surface area contributed by atoms with Crippen LogP contribution in [0.15, 0.2) is 12.2 Å². The van der Waals surface area contributed by atoms with E-state index in [-0.39, 0.29) is 23.7 Å². The van der Waals surface area contributed by atoms with Crippen molar-refractivity contribution in [3.8, 4) is 0 Å². The third kappa shape index (κ3) is 1.98. The van der Waals surface area contributed by atoms with Gasteiger partial charge in [0.05, 0.1) is 19.9 Å². The average Bonchev–Trinajstić information content (AvgIpc) is 2.43. The SMILES string of the molecule is C[Si](C)(C)CN1C(=O)C2CC=CCC2C1=O. The van der Waals surface area contributed by atoms with E-state index >= 15 is 0 Å². The third-order valence-electron chi connectivity index (χ3n) is 3.23. The Morgan fingerprint density at radius 3 is 1.94 bits per heavy atom. The number of carbonyl (C=O) groups is 2. The van der Waals surface area contributed by atoms with Crippen molar-refractivity contribution in [3.05, 3.63) is 12.2 Å². The summed E-state index contributed by atoms with van der Waals surface area (Å²) in [5, 5.41) is 0. The van der Waals surface area contributed by atoms with Gasteiger partial charge in [-0.1, -0.05) is 31.8 Å². The molecule has 2 rings (SSSR count). The summed E-state index contributed by atoms with van der Waals surface area (Å²) in [5.74, 6) is 0.0197. The first-order valence-electron chi connectivity index (χ1n) is 5.90. The van der Waals surface area contributed by atoms with E-state index in [1.54, 1.807) is 0 Å². The second-order valence-electron chi connectivity index (χ2n) is 5.98. The van der Waals surface area contributed by atoms with Gasteiger partial charge in [0.2, 0.25) is 11.8 Å². The zero-order chi connectivity index (χ0) is 11.9. The minimum atomic E-state index is -1.41. The molecule has 0 N–H and O–H groups in total. The van der Waals surface area contributed by atoms with E-state index in [4.69, 9.17) is 0 Å². The maximum absolute atomic E-state index is 12.1. The summed E-state index contributed by atoms with van der Waals surface area (Å²) in [7, 11) is -1.41. The molecule has 0 aromatic rings. The van der Waals surface area contributed by atoms with Crippen LogP contribution in [0.3, 0.4) is 0 Å². The maximum atomic E-state index is 12.1. The highest BCUT2D eigenvalue weighted by Crippen LogP contribution is 2.35. The number of imide groups is 1. The van der Waals surface area contributed by atoms with E-state index in [0.717, 1.165) is 12.8 Å². The molecule has 2 amide bonds. The smallest absolute Gasteiger partial charge is 0.233 e. The molecule has 0 spiro atoms. The summed E-state index contributed by atoms with van der Waals surface area (Å²) in [6.07, 6.45) is 6.24. The molecule has 4 heteroatoms. The summed E-state index contributed by atoms with van der Waals surface area (Å²) in [5.41, 5.74) is 0.